The summed E-state index contributed by atoms with van der Waals surface area (Å²) in [6.07, 6.45) is 9.41. The van der Waals surface area contributed by atoms with Crippen molar-refractivity contribution in [3.8, 4) is 0 Å². The SMILES string of the molecule is Cn1ccnc1C(=O)C1CCCN(c2cc(C3CC3)nn3cnnc23)C1. The van der Waals surface area contributed by atoms with E-state index in [-0.39, 0.29) is 11.7 Å². The van der Waals surface area contributed by atoms with E-state index < -0.39 is 0 Å². The van der Waals surface area contributed by atoms with E-state index in [0.29, 0.717) is 18.3 Å². The second kappa shape index (κ2) is 5.89. The molecule has 3 aromatic rings. The number of Topliss-reactive ketones (excluding diaryl/α,β-unsaturated/α-hetero) is 1. The zero-order chi connectivity index (χ0) is 17.7. The van der Waals surface area contributed by atoms with Gasteiger partial charge in [0.05, 0.1) is 11.4 Å². The number of aromatic nitrogens is 6. The molecule has 4 heterocycles. The van der Waals surface area contributed by atoms with Gasteiger partial charge in [0, 0.05) is 44.4 Å². The summed E-state index contributed by atoms with van der Waals surface area (Å²) in [6.45, 7) is 1.60. The third kappa shape index (κ3) is 2.56. The highest BCUT2D eigenvalue weighted by Gasteiger charge is 2.32. The molecule has 0 N–H and O–H groups in total. The van der Waals surface area contributed by atoms with Gasteiger partial charge in [-0.3, -0.25) is 4.79 Å². The summed E-state index contributed by atoms with van der Waals surface area (Å²) in [7, 11) is 1.87. The molecule has 134 valence electrons. The van der Waals surface area contributed by atoms with Crippen molar-refractivity contribution in [3.05, 3.63) is 36.3 Å². The number of hydrogen-bond donors (Lipinski definition) is 0. The van der Waals surface area contributed by atoms with Crippen LogP contribution >= 0.6 is 0 Å². The zero-order valence-electron chi connectivity index (χ0n) is 14.7. The Morgan fingerprint density at radius 1 is 1.27 bits per heavy atom. The molecule has 2 fully saturated rings. The largest absolute Gasteiger partial charge is 0.368 e. The Morgan fingerprint density at radius 3 is 2.92 bits per heavy atom. The first-order valence-electron chi connectivity index (χ1n) is 9.18. The van der Waals surface area contributed by atoms with Gasteiger partial charge in [0.2, 0.25) is 11.4 Å². The molecule has 1 saturated carbocycles. The maximum absolute atomic E-state index is 12.9. The molecular formula is C18H21N7O. The smallest absolute Gasteiger partial charge is 0.203 e. The fourth-order valence-corrected chi connectivity index (χ4v) is 3.84. The van der Waals surface area contributed by atoms with Crippen LogP contribution in [0, 0.1) is 5.92 Å². The summed E-state index contributed by atoms with van der Waals surface area (Å²) in [5, 5.41) is 12.9. The molecule has 8 heteroatoms. The van der Waals surface area contributed by atoms with E-state index in [2.05, 4.69) is 31.2 Å². The van der Waals surface area contributed by atoms with Crippen LogP contribution in [0.25, 0.3) is 5.65 Å². The number of imidazole rings is 1. The van der Waals surface area contributed by atoms with Gasteiger partial charge in [-0.15, -0.1) is 10.2 Å². The summed E-state index contributed by atoms with van der Waals surface area (Å²) in [6, 6.07) is 2.15. The van der Waals surface area contributed by atoms with Crippen LogP contribution in [0.2, 0.25) is 0 Å². The molecule has 0 aromatic carbocycles. The lowest BCUT2D eigenvalue weighted by atomic mass is 9.93. The Bertz CT molecular complexity index is 971. The molecule has 0 spiro atoms. The second-order valence-electron chi connectivity index (χ2n) is 7.34. The molecule has 26 heavy (non-hydrogen) atoms. The van der Waals surface area contributed by atoms with Crippen LogP contribution in [0.1, 0.15) is 47.9 Å². The summed E-state index contributed by atoms with van der Waals surface area (Å²) in [4.78, 5) is 19.4. The lowest BCUT2D eigenvalue weighted by Gasteiger charge is -2.33. The molecule has 1 unspecified atom stereocenters. The van der Waals surface area contributed by atoms with E-state index >= 15 is 0 Å². The minimum Gasteiger partial charge on any atom is -0.368 e. The van der Waals surface area contributed by atoms with Gasteiger partial charge in [-0.25, -0.2) is 4.98 Å². The van der Waals surface area contributed by atoms with Crippen molar-refractivity contribution < 1.29 is 4.79 Å². The zero-order valence-corrected chi connectivity index (χ0v) is 14.7. The van der Waals surface area contributed by atoms with Crippen LogP contribution in [-0.2, 0) is 7.05 Å². The monoisotopic (exact) mass is 351 g/mol. The maximum atomic E-state index is 12.9. The van der Waals surface area contributed by atoms with Crippen LogP contribution in [0.5, 0.6) is 0 Å². The molecule has 0 bridgehead atoms. The van der Waals surface area contributed by atoms with Crippen LogP contribution in [0.15, 0.2) is 24.8 Å². The number of aryl methyl sites for hydroxylation is 1. The molecule has 1 aliphatic carbocycles. The van der Waals surface area contributed by atoms with Gasteiger partial charge in [-0.1, -0.05) is 0 Å². The number of rotatable bonds is 4. The molecule has 1 saturated heterocycles. The minimum absolute atomic E-state index is 0.0506. The van der Waals surface area contributed by atoms with E-state index in [0.717, 1.165) is 36.4 Å². The number of ketones is 1. The topological polar surface area (TPSA) is 81.2 Å². The molecule has 0 amide bonds. The first-order valence-corrected chi connectivity index (χ1v) is 9.18. The lowest BCUT2D eigenvalue weighted by Crippen LogP contribution is -2.39. The van der Waals surface area contributed by atoms with E-state index in [1.165, 1.54) is 12.8 Å². The van der Waals surface area contributed by atoms with Gasteiger partial charge in [-0.05, 0) is 31.7 Å². The second-order valence-corrected chi connectivity index (χ2v) is 7.34. The molecule has 3 aromatic heterocycles. The van der Waals surface area contributed by atoms with Crippen LogP contribution in [0.4, 0.5) is 5.69 Å². The standard InChI is InChI=1S/C18H21N7O/c1-23-8-6-19-18(23)16(26)13-3-2-7-24(10-13)15-9-14(12-4-5-12)22-25-11-20-21-17(15)25/h6,8-9,11-13H,2-5,7,10H2,1H3. The molecule has 1 aliphatic heterocycles. The van der Waals surface area contributed by atoms with Gasteiger partial charge in [0.25, 0.3) is 0 Å². The van der Waals surface area contributed by atoms with E-state index in [1.807, 2.05) is 13.2 Å². The fraction of sp³-hybridized carbons (Fsp3) is 0.500. The van der Waals surface area contributed by atoms with Gasteiger partial charge in [0.15, 0.2) is 5.82 Å². The predicted molar refractivity (Wildman–Crippen MR) is 95.2 cm³/mol. The molecule has 2 aliphatic rings. The number of fused-ring (bicyclic) bond motifs is 1. The number of carbonyl (C=O) groups is 1. The molecular weight excluding hydrogens is 330 g/mol. The number of hydrogen-bond acceptors (Lipinski definition) is 6. The van der Waals surface area contributed by atoms with Crippen molar-refractivity contribution >= 4 is 17.1 Å². The fourth-order valence-electron chi connectivity index (χ4n) is 3.84. The Labute approximate surface area is 150 Å². The molecule has 1 atom stereocenters. The summed E-state index contributed by atoms with van der Waals surface area (Å²) in [5.41, 5.74) is 2.90. The lowest BCUT2D eigenvalue weighted by molar-refractivity contribution is 0.0893. The number of anilines is 1. The van der Waals surface area contributed by atoms with Crippen molar-refractivity contribution in [2.75, 3.05) is 18.0 Å². The molecule has 5 rings (SSSR count). The maximum Gasteiger partial charge on any atom is 0.203 e. The van der Waals surface area contributed by atoms with Gasteiger partial charge < -0.3 is 9.47 Å². The normalized spacial score (nSPS) is 20.7. The Kier molecular flexibility index (Phi) is 3.51. The Balaban J connectivity index is 1.47. The van der Waals surface area contributed by atoms with E-state index in [9.17, 15) is 4.79 Å². The summed E-state index contributed by atoms with van der Waals surface area (Å²) in [5.74, 6) is 1.16. The number of carbonyl (C=O) groups excluding carboxylic acids is 1. The summed E-state index contributed by atoms with van der Waals surface area (Å²) >= 11 is 0. The quantitative estimate of drug-likeness (QED) is 0.667. The molecule has 0 radical (unpaired) electrons. The van der Waals surface area contributed by atoms with Crippen molar-refractivity contribution in [3.63, 3.8) is 0 Å². The van der Waals surface area contributed by atoms with E-state index in [1.54, 1.807) is 21.6 Å². The third-order valence-electron chi connectivity index (χ3n) is 5.44. The van der Waals surface area contributed by atoms with Crippen LogP contribution in [0.3, 0.4) is 0 Å². The molecule has 8 nitrogen and oxygen atoms in total. The van der Waals surface area contributed by atoms with Crippen molar-refractivity contribution in [1.82, 2.24) is 29.4 Å². The highest BCUT2D eigenvalue weighted by Crippen LogP contribution is 2.40. The van der Waals surface area contributed by atoms with Crippen LogP contribution in [-0.4, -0.2) is 48.2 Å². The van der Waals surface area contributed by atoms with Crippen molar-refractivity contribution in [1.29, 1.82) is 0 Å². The van der Waals surface area contributed by atoms with Gasteiger partial charge in [0.1, 0.15) is 6.33 Å². The van der Waals surface area contributed by atoms with Gasteiger partial charge in [-0.2, -0.15) is 9.61 Å². The number of nitrogens with zero attached hydrogens (tertiary/aromatic N) is 7. The average Bonchev–Trinajstić information content (AvgIpc) is 3.26. The average molecular weight is 351 g/mol. The van der Waals surface area contributed by atoms with E-state index in [4.69, 9.17) is 0 Å². The van der Waals surface area contributed by atoms with Crippen molar-refractivity contribution in [2.24, 2.45) is 13.0 Å². The number of piperidine rings is 1. The first kappa shape index (κ1) is 15.5. The first-order chi connectivity index (χ1) is 12.7. The minimum atomic E-state index is -0.0506. The highest BCUT2D eigenvalue weighted by atomic mass is 16.1. The van der Waals surface area contributed by atoms with Gasteiger partial charge >= 0.3 is 0 Å². The van der Waals surface area contributed by atoms with Crippen LogP contribution < -0.4 is 4.90 Å². The third-order valence-corrected chi connectivity index (χ3v) is 5.44. The predicted octanol–water partition coefficient (Wildman–Crippen LogP) is 1.83. The summed E-state index contributed by atoms with van der Waals surface area (Å²) < 4.78 is 3.57. The van der Waals surface area contributed by atoms with Crippen molar-refractivity contribution in [2.45, 2.75) is 31.6 Å². The Hall–Kier alpha value is -2.77. The Morgan fingerprint density at radius 2 is 2.15 bits per heavy atom. The highest BCUT2D eigenvalue weighted by molar-refractivity contribution is 5.95.